The van der Waals surface area contributed by atoms with E-state index in [1.54, 1.807) is 16.2 Å². The second-order valence-electron chi connectivity index (χ2n) is 8.11. The number of carbonyl (C=O) groups excluding carboxylic acids is 2. The third-order valence-electron chi connectivity index (χ3n) is 5.87. The Labute approximate surface area is 187 Å². The molecule has 31 heavy (non-hydrogen) atoms. The van der Waals surface area contributed by atoms with Gasteiger partial charge in [-0.1, -0.05) is 67.4 Å². The molecule has 1 aromatic heterocycles. The number of benzene rings is 2. The molecule has 0 saturated heterocycles. The molecule has 0 aliphatic heterocycles. The molecule has 1 unspecified atom stereocenters. The number of aryl methyl sites for hydroxylation is 1. The number of hydrogen-bond acceptors (Lipinski definition) is 3. The number of carbonyl (C=O) groups is 2. The fraction of sp³-hybridized carbons (Fsp3) is 0.308. The van der Waals surface area contributed by atoms with Gasteiger partial charge >= 0.3 is 0 Å². The van der Waals surface area contributed by atoms with Crippen molar-refractivity contribution in [1.29, 1.82) is 0 Å². The van der Waals surface area contributed by atoms with Crippen molar-refractivity contribution in [2.24, 2.45) is 0 Å². The maximum absolute atomic E-state index is 13.7. The molecule has 3 aromatic rings. The molecule has 0 spiro atoms. The minimum Gasteiger partial charge on any atom is -0.351 e. The minimum absolute atomic E-state index is 0.0767. The molecule has 1 fully saturated rings. The number of thiophene rings is 1. The minimum atomic E-state index is -0.713. The highest BCUT2D eigenvalue weighted by molar-refractivity contribution is 7.10. The van der Waals surface area contributed by atoms with Gasteiger partial charge in [-0.3, -0.25) is 14.5 Å². The summed E-state index contributed by atoms with van der Waals surface area (Å²) in [4.78, 5) is 30.0. The lowest BCUT2D eigenvalue weighted by molar-refractivity contribution is -0.127. The van der Waals surface area contributed by atoms with Gasteiger partial charge in [0, 0.05) is 16.6 Å². The molecule has 1 heterocycles. The van der Waals surface area contributed by atoms with Gasteiger partial charge in [0.1, 0.15) is 6.04 Å². The van der Waals surface area contributed by atoms with Crippen LogP contribution < -0.4 is 10.2 Å². The monoisotopic (exact) mass is 432 g/mol. The molecule has 2 aromatic carbocycles. The predicted octanol–water partition coefficient (Wildman–Crippen LogP) is 5.43. The van der Waals surface area contributed by atoms with Crippen molar-refractivity contribution >= 4 is 28.8 Å². The first kappa shape index (κ1) is 21.3. The van der Waals surface area contributed by atoms with Gasteiger partial charge in [0.15, 0.2) is 0 Å². The molecule has 1 aliphatic carbocycles. The average molecular weight is 433 g/mol. The summed E-state index contributed by atoms with van der Waals surface area (Å²) in [6.45, 7) is 1.98. The number of nitrogens with zero attached hydrogens (tertiary/aromatic N) is 1. The summed E-state index contributed by atoms with van der Waals surface area (Å²) >= 11 is 1.56. The van der Waals surface area contributed by atoms with Crippen molar-refractivity contribution in [3.63, 3.8) is 0 Å². The zero-order chi connectivity index (χ0) is 21.6. The summed E-state index contributed by atoms with van der Waals surface area (Å²) in [5, 5.41) is 5.21. The second-order valence-corrected chi connectivity index (χ2v) is 9.14. The molecule has 0 radical (unpaired) electrons. The third-order valence-corrected chi connectivity index (χ3v) is 6.75. The van der Waals surface area contributed by atoms with E-state index in [-0.39, 0.29) is 24.3 Å². The summed E-state index contributed by atoms with van der Waals surface area (Å²) in [6.07, 6.45) is 4.55. The average Bonchev–Trinajstić information content (AvgIpc) is 3.47. The Balaban J connectivity index is 1.75. The standard InChI is InChI=1S/C26H28N2O2S/c1-19-10-5-8-16-23(19)28(24(29)18-22-15-9-17-31-22)25(20-11-3-2-4-12-20)26(30)27-21-13-6-7-14-21/h2-5,8-12,15-17,21,25H,6-7,13-14,18H2,1H3,(H,27,30). The van der Waals surface area contributed by atoms with Crippen molar-refractivity contribution in [2.75, 3.05) is 4.90 Å². The predicted molar refractivity (Wildman–Crippen MR) is 126 cm³/mol. The molecule has 5 heteroatoms. The van der Waals surface area contributed by atoms with E-state index in [0.29, 0.717) is 0 Å². The van der Waals surface area contributed by atoms with E-state index >= 15 is 0 Å². The highest BCUT2D eigenvalue weighted by Gasteiger charge is 2.34. The summed E-state index contributed by atoms with van der Waals surface area (Å²) in [6, 6.07) is 20.8. The summed E-state index contributed by atoms with van der Waals surface area (Å²) in [7, 11) is 0. The molecule has 1 saturated carbocycles. The van der Waals surface area contributed by atoms with Gasteiger partial charge in [-0.25, -0.2) is 0 Å². The Hall–Kier alpha value is -2.92. The fourth-order valence-electron chi connectivity index (χ4n) is 4.30. The molecule has 1 N–H and O–H groups in total. The molecule has 0 bridgehead atoms. The van der Waals surface area contributed by atoms with Crippen LogP contribution in [0.5, 0.6) is 0 Å². The Bertz CT molecular complexity index is 1010. The molecule has 1 aliphatic rings. The number of para-hydroxylation sites is 1. The molecule has 2 amide bonds. The van der Waals surface area contributed by atoms with Crippen molar-refractivity contribution in [3.05, 3.63) is 88.1 Å². The van der Waals surface area contributed by atoms with E-state index in [0.717, 1.165) is 47.4 Å². The SMILES string of the molecule is Cc1ccccc1N(C(=O)Cc1cccs1)C(C(=O)NC1CCCC1)c1ccccc1. The second kappa shape index (κ2) is 9.92. The lowest BCUT2D eigenvalue weighted by atomic mass is 10.0. The molecule has 4 rings (SSSR count). The summed E-state index contributed by atoms with van der Waals surface area (Å²) < 4.78 is 0. The molecule has 1 atom stereocenters. The first-order chi connectivity index (χ1) is 15.1. The van der Waals surface area contributed by atoms with Crippen LogP contribution in [0.1, 0.15) is 47.7 Å². The van der Waals surface area contributed by atoms with Gasteiger partial charge < -0.3 is 5.32 Å². The zero-order valence-electron chi connectivity index (χ0n) is 17.8. The summed E-state index contributed by atoms with van der Waals surface area (Å²) in [5.41, 5.74) is 2.57. The Morgan fingerprint density at radius 2 is 1.71 bits per heavy atom. The van der Waals surface area contributed by atoms with Gasteiger partial charge in [-0.15, -0.1) is 11.3 Å². The van der Waals surface area contributed by atoms with Gasteiger partial charge in [0.25, 0.3) is 0 Å². The molecular weight excluding hydrogens is 404 g/mol. The van der Waals surface area contributed by atoms with Crippen molar-refractivity contribution in [1.82, 2.24) is 5.32 Å². The first-order valence-electron chi connectivity index (χ1n) is 10.9. The lowest BCUT2D eigenvalue weighted by Gasteiger charge is -2.33. The first-order valence-corrected chi connectivity index (χ1v) is 11.8. The van der Waals surface area contributed by atoms with Crippen molar-refractivity contribution in [3.8, 4) is 0 Å². The highest BCUT2D eigenvalue weighted by atomic mass is 32.1. The van der Waals surface area contributed by atoms with Gasteiger partial charge in [-0.05, 0) is 48.4 Å². The van der Waals surface area contributed by atoms with Crippen LogP contribution in [0, 0.1) is 6.92 Å². The van der Waals surface area contributed by atoms with Crippen molar-refractivity contribution in [2.45, 2.75) is 51.1 Å². The van der Waals surface area contributed by atoms with Crippen LogP contribution in [0.25, 0.3) is 0 Å². The Morgan fingerprint density at radius 3 is 2.39 bits per heavy atom. The third kappa shape index (κ3) is 5.05. The van der Waals surface area contributed by atoms with E-state index in [4.69, 9.17) is 0 Å². The maximum Gasteiger partial charge on any atom is 0.248 e. The van der Waals surface area contributed by atoms with E-state index in [9.17, 15) is 9.59 Å². The number of nitrogens with one attached hydrogen (secondary N) is 1. The number of anilines is 1. The van der Waals surface area contributed by atoms with Gasteiger partial charge in [0.05, 0.1) is 6.42 Å². The van der Waals surface area contributed by atoms with Crippen LogP contribution in [0.3, 0.4) is 0 Å². The number of hydrogen-bond donors (Lipinski definition) is 1. The summed E-state index contributed by atoms with van der Waals surface area (Å²) in [5.74, 6) is -0.187. The Morgan fingerprint density at radius 1 is 1.00 bits per heavy atom. The topological polar surface area (TPSA) is 49.4 Å². The number of rotatable bonds is 7. The number of amides is 2. The van der Waals surface area contributed by atoms with E-state index in [1.165, 1.54) is 0 Å². The van der Waals surface area contributed by atoms with E-state index in [2.05, 4.69) is 5.32 Å². The van der Waals surface area contributed by atoms with Crippen molar-refractivity contribution < 1.29 is 9.59 Å². The quantitative estimate of drug-likeness (QED) is 0.541. The van der Waals surface area contributed by atoms with Gasteiger partial charge in [0.2, 0.25) is 11.8 Å². The molecule has 4 nitrogen and oxygen atoms in total. The maximum atomic E-state index is 13.7. The molecular formula is C26H28N2O2S. The zero-order valence-corrected chi connectivity index (χ0v) is 18.6. The van der Waals surface area contributed by atoms with Crippen LogP contribution in [0.15, 0.2) is 72.1 Å². The van der Waals surface area contributed by atoms with E-state index < -0.39 is 6.04 Å². The van der Waals surface area contributed by atoms with Crippen LogP contribution >= 0.6 is 11.3 Å². The lowest BCUT2D eigenvalue weighted by Crippen LogP contribution is -2.47. The Kier molecular flexibility index (Phi) is 6.82. The largest absolute Gasteiger partial charge is 0.351 e. The van der Waals surface area contributed by atoms with E-state index in [1.807, 2.05) is 79.0 Å². The smallest absolute Gasteiger partial charge is 0.248 e. The fourth-order valence-corrected chi connectivity index (χ4v) is 5.00. The highest BCUT2D eigenvalue weighted by Crippen LogP contribution is 2.32. The van der Waals surface area contributed by atoms with Crippen LogP contribution in [-0.4, -0.2) is 17.9 Å². The molecule has 160 valence electrons. The van der Waals surface area contributed by atoms with Crippen LogP contribution in [0.4, 0.5) is 5.69 Å². The van der Waals surface area contributed by atoms with Crippen LogP contribution in [0.2, 0.25) is 0 Å². The normalized spacial score (nSPS) is 14.9. The van der Waals surface area contributed by atoms with Gasteiger partial charge in [-0.2, -0.15) is 0 Å². The van der Waals surface area contributed by atoms with Crippen LogP contribution in [-0.2, 0) is 16.0 Å².